The van der Waals surface area contributed by atoms with E-state index in [2.05, 4.69) is 0 Å². The first kappa shape index (κ1) is 16.3. The zero-order valence-corrected chi connectivity index (χ0v) is 13.2. The number of hydrogen-bond acceptors (Lipinski definition) is 4. The lowest BCUT2D eigenvalue weighted by Crippen LogP contribution is -2.37. The van der Waals surface area contributed by atoms with Crippen molar-refractivity contribution in [3.8, 4) is 11.5 Å². The molecule has 124 valence electrons. The van der Waals surface area contributed by atoms with Crippen molar-refractivity contribution >= 4 is 17.5 Å². The van der Waals surface area contributed by atoms with Crippen molar-refractivity contribution < 1.29 is 19.8 Å². The molecule has 0 bridgehead atoms. The minimum atomic E-state index is -0.602. The van der Waals surface area contributed by atoms with Crippen LogP contribution in [0, 0.1) is 0 Å². The minimum Gasteiger partial charge on any atom is -0.508 e. The van der Waals surface area contributed by atoms with Crippen LogP contribution >= 0.6 is 0 Å². The second-order valence-electron chi connectivity index (χ2n) is 5.35. The molecule has 0 spiro atoms. The average molecular weight is 333 g/mol. The highest BCUT2D eigenvalue weighted by molar-refractivity contribution is 6.26. The van der Waals surface area contributed by atoms with Gasteiger partial charge in [0, 0.05) is 17.2 Å². The fourth-order valence-corrected chi connectivity index (χ4v) is 2.42. The SMILES string of the molecule is O=C(c1ccccc1)N(C(=O)c1ccccc1)c1cc(O)ccc1O. The number of benzene rings is 3. The summed E-state index contributed by atoms with van der Waals surface area (Å²) < 4.78 is 0. The summed E-state index contributed by atoms with van der Waals surface area (Å²) in [4.78, 5) is 26.7. The van der Waals surface area contributed by atoms with Gasteiger partial charge in [0.15, 0.2) is 0 Å². The molecule has 0 aliphatic heterocycles. The zero-order valence-electron chi connectivity index (χ0n) is 13.2. The van der Waals surface area contributed by atoms with Crippen LogP contribution < -0.4 is 4.90 Å². The van der Waals surface area contributed by atoms with Crippen LogP contribution in [0.5, 0.6) is 11.5 Å². The van der Waals surface area contributed by atoms with Crippen LogP contribution in [0.2, 0.25) is 0 Å². The summed E-state index contributed by atoms with van der Waals surface area (Å²) in [5, 5.41) is 19.9. The summed E-state index contributed by atoms with van der Waals surface area (Å²) in [6.45, 7) is 0. The van der Waals surface area contributed by atoms with E-state index in [4.69, 9.17) is 0 Å². The van der Waals surface area contributed by atoms with E-state index >= 15 is 0 Å². The molecule has 0 radical (unpaired) electrons. The van der Waals surface area contributed by atoms with E-state index in [1.165, 1.54) is 18.2 Å². The fraction of sp³-hybridized carbons (Fsp3) is 0. The first-order valence-electron chi connectivity index (χ1n) is 7.59. The Hall–Kier alpha value is -3.60. The van der Waals surface area contributed by atoms with Gasteiger partial charge in [0.05, 0.1) is 5.69 Å². The molecule has 0 aliphatic carbocycles. The Morgan fingerprint density at radius 2 is 1.16 bits per heavy atom. The normalized spacial score (nSPS) is 10.2. The first-order chi connectivity index (χ1) is 12.1. The topological polar surface area (TPSA) is 77.8 Å². The summed E-state index contributed by atoms with van der Waals surface area (Å²) in [7, 11) is 0. The maximum Gasteiger partial charge on any atom is 0.265 e. The van der Waals surface area contributed by atoms with Crippen LogP contribution in [-0.2, 0) is 0 Å². The van der Waals surface area contributed by atoms with Crippen LogP contribution in [0.15, 0.2) is 78.9 Å². The molecule has 0 saturated carbocycles. The van der Waals surface area contributed by atoms with E-state index < -0.39 is 11.8 Å². The smallest absolute Gasteiger partial charge is 0.265 e. The zero-order chi connectivity index (χ0) is 17.8. The molecular weight excluding hydrogens is 318 g/mol. The maximum atomic E-state index is 12.9. The molecule has 25 heavy (non-hydrogen) atoms. The number of aromatic hydroxyl groups is 2. The lowest BCUT2D eigenvalue weighted by molar-refractivity contribution is 0.0896. The van der Waals surface area contributed by atoms with Gasteiger partial charge in [-0.2, -0.15) is 0 Å². The Balaban J connectivity index is 2.13. The molecule has 5 heteroatoms. The van der Waals surface area contributed by atoms with Crippen LogP contribution in [0.25, 0.3) is 0 Å². The van der Waals surface area contributed by atoms with Crippen LogP contribution in [-0.4, -0.2) is 22.0 Å². The Morgan fingerprint density at radius 3 is 1.64 bits per heavy atom. The van der Waals surface area contributed by atoms with Crippen molar-refractivity contribution in [2.75, 3.05) is 4.90 Å². The van der Waals surface area contributed by atoms with Gasteiger partial charge >= 0.3 is 0 Å². The monoisotopic (exact) mass is 333 g/mol. The average Bonchev–Trinajstić information content (AvgIpc) is 2.66. The van der Waals surface area contributed by atoms with Crippen LogP contribution in [0.1, 0.15) is 20.7 Å². The molecule has 0 fully saturated rings. The molecule has 3 rings (SSSR count). The van der Waals surface area contributed by atoms with Crippen molar-refractivity contribution in [1.82, 2.24) is 0 Å². The summed E-state index contributed by atoms with van der Waals surface area (Å²) in [5.41, 5.74) is 0.492. The summed E-state index contributed by atoms with van der Waals surface area (Å²) in [5.74, 6) is -1.66. The molecule has 0 aromatic heterocycles. The molecule has 0 atom stereocenters. The van der Waals surface area contributed by atoms with E-state index in [-0.39, 0.29) is 28.3 Å². The van der Waals surface area contributed by atoms with Gasteiger partial charge in [-0.05, 0) is 36.4 Å². The van der Waals surface area contributed by atoms with E-state index in [9.17, 15) is 19.8 Å². The van der Waals surface area contributed by atoms with Gasteiger partial charge in [-0.3, -0.25) is 9.59 Å². The summed E-state index contributed by atoms with van der Waals surface area (Å²) in [6, 6.07) is 20.2. The molecule has 0 heterocycles. The summed E-state index contributed by atoms with van der Waals surface area (Å²) >= 11 is 0. The lowest BCUT2D eigenvalue weighted by atomic mass is 10.1. The van der Waals surface area contributed by atoms with Gasteiger partial charge in [0.1, 0.15) is 11.5 Å². The van der Waals surface area contributed by atoms with Crippen molar-refractivity contribution in [2.24, 2.45) is 0 Å². The van der Waals surface area contributed by atoms with Crippen molar-refractivity contribution in [2.45, 2.75) is 0 Å². The number of carbonyl (C=O) groups excluding carboxylic acids is 2. The highest BCUT2D eigenvalue weighted by Crippen LogP contribution is 2.33. The Bertz CT molecular complexity index is 856. The van der Waals surface area contributed by atoms with Gasteiger partial charge in [-0.15, -0.1) is 0 Å². The molecule has 0 aliphatic rings. The van der Waals surface area contributed by atoms with E-state index in [0.29, 0.717) is 0 Å². The molecular formula is C20H15NO4. The molecule has 2 N–H and O–H groups in total. The largest absolute Gasteiger partial charge is 0.508 e. The maximum absolute atomic E-state index is 12.9. The van der Waals surface area contributed by atoms with Gasteiger partial charge in [0.2, 0.25) is 0 Å². The number of nitrogens with zero attached hydrogens (tertiary/aromatic N) is 1. The highest BCUT2D eigenvalue weighted by atomic mass is 16.3. The quantitative estimate of drug-likeness (QED) is 0.567. The van der Waals surface area contributed by atoms with Crippen LogP contribution in [0.3, 0.4) is 0 Å². The standard InChI is InChI=1S/C20H15NO4/c22-16-11-12-18(23)17(13-16)21(19(24)14-7-3-1-4-8-14)20(25)15-9-5-2-6-10-15/h1-13,22-23H. The number of carbonyl (C=O) groups is 2. The van der Waals surface area contributed by atoms with Gasteiger partial charge in [0.25, 0.3) is 11.8 Å². The first-order valence-corrected chi connectivity index (χ1v) is 7.59. The molecule has 3 aromatic carbocycles. The highest BCUT2D eigenvalue weighted by Gasteiger charge is 2.28. The molecule has 0 saturated heterocycles. The number of rotatable bonds is 3. The molecule has 2 amide bonds. The predicted octanol–water partition coefficient (Wildman–Crippen LogP) is 3.59. The van der Waals surface area contributed by atoms with Crippen molar-refractivity contribution in [3.05, 3.63) is 90.0 Å². The van der Waals surface area contributed by atoms with E-state index in [1.807, 2.05) is 0 Å². The van der Waals surface area contributed by atoms with Gasteiger partial charge in [-0.1, -0.05) is 36.4 Å². The molecule has 0 unspecified atom stereocenters. The third-order valence-electron chi connectivity index (χ3n) is 3.65. The Kier molecular flexibility index (Phi) is 4.48. The number of phenolic OH excluding ortho intramolecular Hbond substituents is 2. The number of hydrogen-bond donors (Lipinski definition) is 2. The predicted molar refractivity (Wildman–Crippen MR) is 93.8 cm³/mol. The molecule has 5 nitrogen and oxygen atoms in total. The summed E-state index contributed by atoms with van der Waals surface area (Å²) in [6.07, 6.45) is 0. The van der Waals surface area contributed by atoms with E-state index in [1.54, 1.807) is 60.7 Å². The second kappa shape index (κ2) is 6.88. The molecule has 3 aromatic rings. The van der Waals surface area contributed by atoms with E-state index in [0.717, 1.165) is 4.90 Å². The third-order valence-corrected chi connectivity index (χ3v) is 3.65. The third kappa shape index (κ3) is 3.35. The Morgan fingerprint density at radius 1 is 0.680 bits per heavy atom. The minimum absolute atomic E-state index is 0.0808. The number of amides is 2. The number of phenols is 2. The second-order valence-corrected chi connectivity index (χ2v) is 5.35. The van der Waals surface area contributed by atoms with Gasteiger partial charge < -0.3 is 10.2 Å². The van der Waals surface area contributed by atoms with Crippen LogP contribution in [0.4, 0.5) is 5.69 Å². The number of anilines is 1. The number of imide groups is 1. The fourth-order valence-electron chi connectivity index (χ4n) is 2.42. The lowest BCUT2D eigenvalue weighted by Gasteiger charge is -2.22. The van der Waals surface area contributed by atoms with Gasteiger partial charge in [-0.25, -0.2) is 4.90 Å². The Labute approximate surface area is 144 Å². The van der Waals surface area contributed by atoms with Crippen molar-refractivity contribution in [3.63, 3.8) is 0 Å². The van der Waals surface area contributed by atoms with Crippen molar-refractivity contribution in [1.29, 1.82) is 0 Å².